The molecule has 0 saturated carbocycles. The lowest BCUT2D eigenvalue weighted by molar-refractivity contribution is -0.192. The highest BCUT2D eigenvalue weighted by Crippen LogP contribution is 2.50. The van der Waals surface area contributed by atoms with E-state index >= 15 is 0 Å². The summed E-state index contributed by atoms with van der Waals surface area (Å²) in [5.41, 5.74) is 5.28. The van der Waals surface area contributed by atoms with Crippen molar-refractivity contribution in [3.05, 3.63) is 107 Å². The predicted molar refractivity (Wildman–Crippen MR) is 128 cm³/mol. The van der Waals surface area contributed by atoms with Crippen LogP contribution >= 0.6 is 0 Å². The number of nitrogens with one attached hydrogen (secondary N) is 1. The maximum Gasteiger partial charge on any atom is 0.490 e. The lowest BCUT2D eigenvalue weighted by Crippen LogP contribution is -2.29. The number of benzene rings is 3. The van der Waals surface area contributed by atoms with Gasteiger partial charge in [-0.3, -0.25) is 0 Å². The molecular formula is C28H25F4NO3. The third-order valence-corrected chi connectivity index (χ3v) is 6.35. The average Bonchev–Trinajstić information content (AvgIpc) is 3.34. The molecular weight excluding hydrogens is 474 g/mol. The molecule has 0 aromatic heterocycles. The molecule has 3 atom stereocenters. The number of ether oxygens (including phenoxy) is 1. The van der Waals surface area contributed by atoms with E-state index in [9.17, 15) is 17.6 Å². The molecule has 0 unspecified atom stereocenters. The van der Waals surface area contributed by atoms with Gasteiger partial charge in [-0.25, -0.2) is 9.18 Å². The van der Waals surface area contributed by atoms with E-state index in [0.29, 0.717) is 18.2 Å². The first-order valence-electron chi connectivity index (χ1n) is 11.4. The van der Waals surface area contributed by atoms with Gasteiger partial charge in [0.05, 0.1) is 11.7 Å². The number of carbonyl (C=O) groups is 1. The Morgan fingerprint density at radius 1 is 1.06 bits per heavy atom. The van der Waals surface area contributed by atoms with Gasteiger partial charge in [-0.2, -0.15) is 13.2 Å². The zero-order valence-electron chi connectivity index (χ0n) is 19.4. The van der Waals surface area contributed by atoms with Crippen molar-refractivity contribution in [1.29, 1.82) is 0 Å². The standard InChI is InChI=1S/C26H24FNO.C2HF3O2/c1-17-8-10-18(11-9-17)16-29-20-14-12-19(13-15-20)25-22-5-2-4-21(22)23-6-3-7-24(27)26(23)28-25;3-2(4,5)1(6)7/h2-4,6-15,21-22,25,28H,5,16H2,1H3;(H,6,7)/t21-,22+,25-;/m0./s1. The number of hydrogen-bond donors (Lipinski definition) is 2. The van der Waals surface area contributed by atoms with Crippen LogP contribution in [0.4, 0.5) is 23.2 Å². The molecule has 188 valence electrons. The largest absolute Gasteiger partial charge is 0.490 e. The quantitative estimate of drug-likeness (QED) is 0.295. The predicted octanol–water partition coefficient (Wildman–Crippen LogP) is 7.17. The molecule has 0 spiro atoms. The van der Waals surface area contributed by atoms with E-state index in [2.05, 4.69) is 60.8 Å². The van der Waals surface area contributed by atoms with Gasteiger partial charge in [0.1, 0.15) is 18.2 Å². The van der Waals surface area contributed by atoms with E-state index in [1.165, 1.54) is 17.2 Å². The van der Waals surface area contributed by atoms with Crippen LogP contribution < -0.4 is 10.1 Å². The Bertz CT molecular complexity index is 1240. The van der Waals surface area contributed by atoms with Crippen LogP contribution in [0.15, 0.2) is 78.9 Å². The second kappa shape index (κ2) is 10.4. The highest BCUT2D eigenvalue weighted by molar-refractivity contribution is 5.73. The number of anilines is 1. The van der Waals surface area contributed by atoms with Crippen molar-refractivity contribution in [1.82, 2.24) is 0 Å². The van der Waals surface area contributed by atoms with Crippen LogP contribution in [0.3, 0.4) is 0 Å². The van der Waals surface area contributed by atoms with Crippen molar-refractivity contribution in [3.8, 4) is 5.75 Å². The molecule has 0 bridgehead atoms. The summed E-state index contributed by atoms with van der Waals surface area (Å²) in [7, 11) is 0. The summed E-state index contributed by atoms with van der Waals surface area (Å²) in [6, 6.07) is 22.1. The first kappa shape index (κ1) is 25.3. The maximum atomic E-state index is 14.5. The van der Waals surface area contributed by atoms with E-state index in [0.717, 1.165) is 23.3 Å². The Labute approximate surface area is 206 Å². The van der Waals surface area contributed by atoms with Gasteiger partial charge in [0.25, 0.3) is 0 Å². The van der Waals surface area contributed by atoms with Crippen LogP contribution in [0.2, 0.25) is 0 Å². The molecule has 1 aliphatic heterocycles. The molecule has 1 aliphatic carbocycles. The van der Waals surface area contributed by atoms with E-state index in [4.69, 9.17) is 14.6 Å². The number of aryl methyl sites for hydroxylation is 1. The van der Waals surface area contributed by atoms with Gasteiger partial charge in [-0.05, 0) is 54.2 Å². The summed E-state index contributed by atoms with van der Waals surface area (Å²) in [6.45, 7) is 2.63. The number of halogens is 4. The van der Waals surface area contributed by atoms with Gasteiger partial charge >= 0.3 is 12.1 Å². The third kappa shape index (κ3) is 5.70. The van der Waals surface area contributed by atoms with E-state index in [1.807, 2.05) is 18.2 Å². The average molecular weight is 500 g/mol. The minimum absolute atomic E-state index is 0.0885. The third-order valence-electron chi connectivity index (χ3n) is 6.35. The normalized spacial score (nSPS) is 19.9. The summed E-state index contributed by atoms with van der Waals surface area (Å²) in [5, 5.41) is 10.6. The van der Waals surface area contributed by atoms with Crippen LogP contribution in [-0.4, -0.2) is 17.3 Å². The summed E-state index contributed by atoms with van der Waals surface area (Å²) in [5.74, 6) is -1.41. The SMILES string of the molecule is Cc1ccc(COc2ccc([C@@H]3Nc4c(F)cccc4[C@H]4C=CC[C@H]43)cc2)cc1.O=C(O)C(F)(F)F. The van der Waals surface area contributed by atoms with E-state index in [-0.39, 0.29) is 17.8 Å². The molecule has 5 rings (SSSR count). The fourth-order valence-electron chi connectivity index (χ4n) is 4.54. The van der Waals surface area contributed by atoms with Crippen LogP contribution in [0.25, 0.3) is 0 Å². The number of carboxylic acid groups (broad SMARTS) is 1. The molecule has 0 saturated heterocycles. The summed E-state index contributed by atoms with van der Waals surface area (Å²) in [4.78, 5) is 8.90. The minimum atomic E-state index is -5.08. The first-order valence-corrected chi connectivity index (χ1v) is 11.4. The Morgan fingerprint density at radius 2 is 1.72 bits per heavy atom. The van der Waals surface area contributed by atoms with Gasteiger partial charge in [0.15, 0.2) is 0 Å². The lowest BCUT2D eigenvalue weighted by atomic mass is 9.77. The Morgan fingerprint density at radius 3 is 2.36 bits per heavy atom. The van der Waals surface area contributed by atoms with E-state index in [1.54, 1.807) is 6.07 Å². The van der Waals surface area contributed by atoms with Gasteiger partial charge < -0.3 is 15.2 Å². The molecule has 2 N–H and O–H groups in total. The Balaban J connectivity index is 0.000000384. The second-order valence-corrected chi connectivity index (χ2v) is 8.83. The molecule has 1 heterocycles. The fraction of sp³-hybridized carbons (Fsp3) is 0.250. The summed E-state index contributed by atoms with van der Waals surface area (Å²) < 4.78 is 52.1. The highest BCUT2D eigenvalue weighted by atomic mass is 19.4. The molecule has 36 heavy (non-hydrogen) atoms. The Hall–Kier alpha value is -3.81. The number of rotatable bonds is 4. The number of para-hydroxylation sites is 1. The maximum absolute atomic E-state index is 14.5. The summed E-state index contributed by atoms with van der Waals surface area (Å²) in [6.07, 6.45) is 0.378. The molecule has 4 nitrogen and oxygen atoms in total. The number of carboxylic acids is 1. The van der Waals surface area contributed by atoms with E-state index < -0.39 is 12.1 Å². The number of aliphatic carboxylic acids is 1. The lowest BCUT2D eigenvalue weighted by Gasteiger charge is -2.37. The van der Waals surface area contributed by atoms with Crippen LogP contribution in [0.1, 0.15) is 40.6 Å². The second-order valence-electron chi connectivity index (χ2n) is 8.83. The van der Waals surface area contributed by atoms with Crippen LogP contribution in [0, 0.1) is 18.7 Å². The van der Waals surface area contributed by atoms with Gasteiger partial charge in [-0.15, -0.1) is 0 Å². The first-order chi connectivity index (χ1) is 17.1. The molecule has 0 radical (unpaired) electrons. The van der Waals surface area contributed by atoms with Gasteiger partial charge in [0, 0.05) is 5.92 Å². The van der Waals surface area contributed by atoms with Crippen LogP contribution in [0.5, 0.6) is 5.75 Å². The highest BCUT2D eigenvalue weighted by Gasteiger charge is 2.39. The molecule has 0 fully saturated rings. The molecule has 8 heteroatoms. The van der Waals surface area contributed by atoms with Crippen LogP contribution in [-0.2, 0) is 11.4 Å². The molecule has 3 aromatic rings. The van der Waals surface area contributed by atoms with Crippen molar-refractivity contribution >= 4 is 11.7 Å². The zero-order valence-corrected chi connectivity index (χ0v) is 19.4. The van der Waals surface area contributed by atoms with Crippen molar-refractivity contribution in [2.45, 2.75) is 38.1 Å². The molecule has 3 aromatic carbocycles. The smallest absolute Gasteiger partial charge is 0.489 e. The minimum Gasteiger partial charge on any atom is -0.489 e. The monoisotopic (exact) mass is 499 g/mol. The number of fused-ring (bicyclic) bond motifs is 3. The van der Waals surface area contributed by atoms with Gasteiger partial charge in [0.2, 0.25) is 0 Å². The fourth-order valence-corrected chi connectivity index (χ4v) is 4.54. The summed E-state index contributed by atoms with van der Waals surface area (Å²) >= 11 is 0. The molecule has 0 amide bonds. The number of allylic oxidation sites excluding steroid dienone is 2. The van der Waals surface area contributed by atoms with Crippen molar-refractivity contribution in [2.24, 2.45) is 5.92 Å². The number of hydrogen-bond acceptors (Lipinski definition) is 3. The van der Waals surface area contributed by atoms with Crippen molar-refractivity contribution in [2.75, 3.05) is 5.32 Å². The topological polar surface area (TPSA) is 58.6 Å². The zero-order chi connectivity index (χ0) is 25.9. The number of alkyl halides is 3. The molecule has 2 aliphatic rings. The Kier molecular flexibility index (Phi) is 7.33. The van der Waals surface area contributed by atoms with Gasteiger partial charge in [-0.1, -0.05) is 66.2 Å². The van der Waals surface area contributed by atoms with Crippen molar-refractivity contribution < 1.29 is 32.2 Å². The van der Waals surface area contributed by atoms with Crippen molar-refractivity contribution in [3.63, 3.8) is 0 Å².